The number of carbonyl (C=O) groups is 3. The number of nitrogens with zero attached hydrogens (tertiary/aromatic N) is 1. The number of amides is 2. The Morgan fingerprint density at radius 3 is 2.21 bits per heavy atom. The van der Waals surface area contributed by atoms with Crippen LogP contribution in [0.1, 0.15) is 39.1 Å². The van der Waals surface area contributed by atoms with E-state index in [0.29, 0.717) is 48.3 Å². The number of anilines is 1. The molecule has 1 fully saturated rings. The summed E-state index contributed by atoms with van der Waals surface area (Å²) in [5, 5.41) is 11.8. The summed E-state index contributed by atoms with van der Waals surface area (Å²) in [6.07, 6.45) is 0.901. The van der Waals surface area contributed by atoms with Crippen molar-refractivity contribution in [2.24, 2.45) is 5.92 Å². The van der Waals surface area contributed by atoms with E-state index in [0.717, 1.165) is 0 Å². The van der Waals surface area contributed by atoms with Crippen molar-refractivity contribution in [3.05, 3.63) is 65.0 Å². The highest BCUT2D eigenvalue weighted by Crippen LogP contribution is 2.20. The maximum absolute atomic E-state index is 13.3. The van der Waals surface area contributed by atoms with Crippen LogP contribution in [0.4, 0.5) is 10.1 Å². The molecule has 0 bridgehead atoms. The number of rotatable bonds is 4. The molecule has 2 aromatic rings. The van der Waals surface area contributed by atoms with Crippen molar-refractivity contribution in [3.63, 3.8) is 0 Å². The van der Waals surface area contributed by atoms with Gasteiger partial charge in [-0.2, -0.15) is 0 Å². The lowest BCUT2D eigenvalue weighted by Gasteiger charge is -2.30. The van der Waals surface area contributed by atoms with Gasteiger partial charge in [0.1, 0.15) is 5.82 Å². The van der Waals surface area contributed by atoms with Crippen molar-refractivity contribution < 1.29 is 23.9 Å². The molecule has 1 saturated heterocycles. The Morgan fingerprint density at radius 1 is 1.04 bits per heavy atom. The molecule has 28 heavy (non-hydrogen) atoms. The van der Waals surface area contributed by atoms with Gasteiger partial charge in [0.05, 0.1) is 5.92 Å². The third-order valence-electron chi connectivity index (χ3n) is 4.94. The fourth-order valence-corrected chi connectivity index (χ4v) is 3.20. The van der Waals surface area contributed by atoms with Crippen LogP contribution in [0.2, 0.25) is 0 Å². The predicted octanol–water partition coefficient (Wildman–Crippen LogP) is 3.32. The van der Waals surface area contributed by atoms with Crippen LogP contribution < -0.4 is 5.32 Å². The summed E-state index contributed by atoms with van der Waals surface area (Å²) in [5.41, 5.74) is 1.73. The minimum atomic E-state index is -0.816. The maximum Gasteiger partial charge on any atom is 0.306 e. The molecule has 146 valence electrons. The van der Waals surface area contributed by atoms with Crippen molar-refractivity contribution in [2.75, 3.05) is 18.4 Å². The van der Waals surface area contributed by atoms with Gasteiger partial charge < -0.3 is 15.3 Å². The zero-order chi connectivity index (χ0) is 20.3. The van der Waals surface area contributed by atoms with Crippen LogP contribution in [0, 0.1) is 18.7 Å². The number of nitrogens with one attached hydrogen (secondary N) is 1. The Labute approximate surface area is 162 Å². The number of carboxylic acids is 1. The smallest absolute Gasteiger partial charge is 0.306 e. The van der Waals surface area contributed by atoms with Gasteiger partial charge in [0.25, 0.3) is 11.8 Å². The number of aliphatic carboxylic acids is 1. The normalized spacial score (nSPS) is 14.6. The highest BCUT2D eigenvalue weighted by atomic mass is 19.1. The first-order valence-electron chi connectivity index (χ1n) is 9.05. The third-order valence-corrected chi connectivity index (χ3v) is 4.94. The number of aryl methyl sites for hydroxylation is 1. The summed E-state index contributed by atoms with van der Waals surface area (Å²) in [5.74, 6) is -2.10. The van der Waals surface area contributed by atoms with E-state index in [1.165, 1.54) is 18.2 Å². The lowest BCUT2D eigenvalue weighted by atomic mass is 9.96. The van der Waals surface area contributed by atoms with Crippen LogP contribution in [-0.4, -0.2) is 40.9 Å². The number of carbonyl (C=O) groups excluding carboxylic acids is 2. The van der Waals surface area contributed by atoms with Gasteiger partial charge in [-0.25, -0.2) is 4.39 Å². The molecular weight excluding hydrogens is 363 g/mol. The Balaban J connectivity index is 1.61. The number of halogens is 1. The van der Waals surface area contributed by atoms with Crippen LogP contribution in [0.5, 0.6) is 0 Å². The van der Waals surface area contributed by atoms with Gasteiger partial charge in [-0.15, -0.1) is 0 Å². The van der Waals surface area contributed by atoms with Gasteiger partial charge in [-0.05, 0) is 67.8 Å². The van der Waals surface area contributed by atoms with Gasteiger partial charge in [0, 0.05) is 29.9 Å². The molecule has 0 aromatic heterocycles. The Morgan fingerprint density at radius 2 is 1.64 bits per heavy atom. The summed E-state index contributed by atoms with van der Waals surface area (Å²) >= 11 is 0. The van der Waals surface area contributed by atoms with Crippen LogP contribution >= 0.6 is 0 Å². The summed E-state index contributed by atoms with van der Waals surface area (Å²) in [6.45, 7) is 2.42. The monoisotopic (exact) mass is 384 g/mol. The standard InChI is InChI=1S/C21H21FN2O4/c1-13-12-16(4-7-18(13)22)19(25)23-17-5-2-14(3-6-17)20(26)24-10-8-15(9-11-24)21(27)28/h2-7,12,15H,8-11H2,1H3,(H,23,25)(H,27,28). The predicted molar refractivity (Wildman–Crippen MR) is 102 cm³/mol. The molecule has 1 aliphatic rings. The van der Waals surface area contributed by atoms with Crippen molar-refractivity contribution >= 4 is 23.5 Å². The SMILES string of the molecule is Cc1cc(C(=O)Nc2ccc(C(=O)N3CCC(C(=O)O)CC3)cc2)ccc1F. The zero-order valence-corrected chi connectivity index (χ0v) is 15.4. The van der Waals surface area contributed by atoms with Crippen molar-refractivity contribution in [2.45, 2.75) is 19.8 Å². The number of carboxylic acid groups (broad SMARTS) is 1. The van der Waals surface area contributed by atoms with E-state index in [1.54, 1.807) is 36.1 Å². The van der Waals surface area contributed by atoms with E-state index < -0.39 is 11.9 Å². The minimum absolute atomic E-state index is 0.157. The van der Waals surface area contributed by atoms with Gasteiger partial charge in [-0.1, -0.05) is 0 Å². The molecule has 0 saturated carbocycles. The van der Waals surface area contributed by atoms with E-state index in [4.69, 9.17) is 5.11 Å². The average molecular weight is 384 g/mol. The van der Waals surface area contributed by atoms with Gasteiger partial charge in [-0.3, -0.25) is 14.4 Å². The molecule has 2 aromatic carbocycles. The number of piperidine rings is 1. The molecule has 2 amide bonds. The topological polar surface area (TPSA) is 86.7 Å². The van der Waals surface area contributed by atoms with Crippen LogP contribution in [0.15, 0.2) is 42.5 Å². The highest BCUT2D eigenvalue weighted by Gasteiger charge is 2.27. The molecule has 0 atom stereocenters. The second kappa shape index (κ2) is 8.21. The number of hydrogen-bond donors (Lipinski definition) is 2. The van der Waals surface area contributed by atoms with Gasteiger partial charge >= 0.3 is 5.97 Å². The molecule has 3 rings (SSSR count). The van der Waals surface area contributed by atoms with Gasteiger partial charge in [0.15, 0.2) is 0 Å². The number of benzene rings is 2. The summed E-state index contributed by atoms with van der Waals surface area (Å²) in [6, 6.07) is 10.6. The Hall–Kier alpha value is -3.22. The van der Waals surface area contributed by atoms with Crippen LogP contribution in [0.3, 0.4) is 0 Å². The van der Waals surface area contributed by atoms with E-state index in [-0.39, 0.29) is 17.6 Å². The van der Waals surface area contributed by atoms with E-state index in [2.05, 4.69) is 5.32 Å². The van der Waals surface area contributed by atoms with Crippen LogP contribution in [0.25, 0.3) is 0 Å². The largest absolute Gasteiger partial charge is 0.481 e. The maximum atomic E-state index is 13.3. The molecule has 1 heterocycles. The quantitative estimate of drug-likeness (QED) is 0.847. The summed E-state index contributed by atoms with van der Waals surface area (Å²) < 4.78 is 13.3. The first-order chi connectivity index (χ1) is 13.3. The fraction of sp³-hybridized carbons (Fsp3) is 0.286. The van der Waals surface area contributed by atoms with Crippen molar-refractivity contribution in [1.29, 1.82) is 0 Å². The molecule has 7 heteroatoms. The lowest BCUT2D eigenvalue weighted by molar-refractivity contribution is -0.143. The summed E-state index contributed by atoms with van der Waals surface area (Å²) in [4.78, 5) is 37.5. The second-order valence-corrected chi connectivity index (χ2v) is 6.90. The van der Waals surface area contributed by atoms with Gasteiger partial charge in [0.2, 0.25) is 0 Å². The van der Waals surface area contributed by atoms with E-state index in [1.807, 2.05) is 0 Å². The van der Waals surface area contributed by atoms with Crippen molar-refractivity contribution in [3.8, 4) is 0 Å². The first-order valence-corrected chi connectivity index (χ1v) is 9.05. The fourth-order valence-electron chi connectivity index (χ4n) is 3.20. The molecule has 0 aliphatic carbocycles. The summed E-state index contributed by atoms with van der Waals surface area (Å²) in [7, 11) is 0. The molecule has 0 radical (unpaired) electrons. The van der Waals surface area contributed by atoms with Crippen molar-refractivity contribution in [1.82, 2.24) is 4.90 Å². The number of likely N-dealkylation sites (tertiary alicyclic amines) is 1. The molecule has 0 unspecified atom stereocenters. The zero-order valence-electron chi connectivity index (χ0n) is 15.4. The molecule has 1 aliphatic heterocycles. The molecule has 0 spiro atoms. The third kappa shape index (κ3) is 4.36. The second-order valence-electron chi connectivity index (χ2n) is 6.90. The minimum Gasteiger partial charge on any atom is -0.481 e. The molecule has 2 N–H and O–H groups in total. The van der Waals surface area contributed by atoms with E-state index in [9.17, 15) is 18.8 Å². The lowest BCUT2D eigenvalue weighted by Crippen LogP contribution is -2.40. The first kappa shape index (κ1) is 19.5. The molecular formula is C21H21FN2O4. The van der Waals surface area contributed by atoms with Crippen LogP contribution in [-0.2, 0) is 4.79 Å². The molecule has 6 nitrogen and oxygen atoms in total. The van der Waals surface area contributed by atoms with E-state index >= 15 is 0 Å². The number of hydrogen-bond acceptors (Lipinski definition) is 3. The average Bonchev–Trinajstić information content (AvgIpc) is 2.70. The Kier molecular flexibility index (Phi) is 5.73. The highest BCUT2D eigenvalue weighted by molar-refractivity contribution is 6.04. The Bertz CT molecular complexity index is 903.